The largest absolute Gasteiger partial charge is 0.463 e. The molecule has 1 fully saturated rings. The van der Waals surface area contributed by atoms with E-state index < -0.39 is 0 Å². The van der Waals surface area contributed by atoms with Gasteiger partial charge in [0.15, 0.2) is 0 Å². The van der Waals surface area contributed by atoms with Gasteiger partial charge in [-0.3, -0.25) is 0 Å². The van der Waals surface area contributed by atoms with Crippen molar-refractivity contribution < 1.29 is 14.3 Å². The molecule has 0 bridgehead atoms. The van der Waals surface area contributed by atoms with Crippen LogP contribution in [0, 0.1) is 0 Å². The second-order valence-corrected chi connectivity index (χ2v) is 4.10. The third kappa shape index (κ3) is 2.38. The second-order valence-electron chi connectivity index (χ2n) is 4.10. The van der Waals surface area contributed by atoms with E-state index in [2.05, 4.69) is 4.90 Å². The van der Waals surface area contributed by atoms with Crippen LogP contribution in [0.1, 0.15) is 26.2 Å². The van der Waals surface area contributed by atoms with Gasteiger partial charge in [0, 0.05) is 18.8 Å². The Kier molecular flexibility index (Phi) is 3.83. The van der Waals surface area contributed by atoms with Gasteiger partial charge >= 0.3 is 5.97 Å². The first kappa shape index (κ1) is 11.5. The molecule has 0 amide bonds. The lowest BCUT2D eigenvalue weighted by Gasteiger charge is -2.30. The predicted molar refractivity (Wildman–Crippen MR) is 59.9 cm³/mol. The molecule has 0 aromatic heterocycles. The third-order valence-electron chi connectivity index (χ3n) is 3.10. The smallest absolute Gasteiger partial charge is 0.335 e. The number of carbonyl (C=O) groups excluding carboxylic acids is 1. The third-order valence-corrected chi connectivity index (χ3v) is 3.10. The molecule has 1 aliphatic heterocycles. The van der Waals surface area contributed by atoms with Crippen LogP contribution in [0.25, 0.3) is 0 Å². The molecule has 16 heavy (non-hydrogen) atoms. The second kappa shape index (κ2) is 5.34. The van der Waals surface area contributed by atoms with E-state index in [-0.39, 0.29) is 5.97 Å². The summed E-state index contributed by atoms with van der Waals surface area (Å²) in [7, 11) is 0. The minimum atomic E-state index is -0.124. The number of rotatable bonds is 3. The van der Waals surface area contributed by atoms with Crippen molar-refractivity contribution >= 4 is 5.97 Å². The van der Waals surface area contributed by atoms with Crippen LogP contribution >= 0.6 is 0 Å². The number of nitrogens with zero attached hydrogens (tertiary/aromatic N) is 1. The molecule has 0 atom stereocenters. The van der Waals surface area contributed by atoms with Crippen molar-refractivity contribution in [2.75, 3.05) is 32.9 Å². The molecule has 2 aliphatic rings. The predicted octanol–water partition coefficient (Wildman–Crippen LogP) is 1.32. The van der Waals surface area contributed by atoms with E-state index >= 15 is 0 Å². The molecule has 4 heteroatoms. The summed E-state index contributed by atoms with van der Waals surface area (Å²) in [6.07, 6.45) is 2.94. The fourth-order valence-electron chi connectivity index (χ4n) is 2.35. The summed E-state index contributed by atoms with van der Waals surface area (Å²) in [5.74, 6) is -0.124. The number of hydrogen-bond acceptors (Lipinski definition) is 4. The summed E-state index contributed by atoms with van der Waals surface area (Å²) in [4.78, 5) is 14.0. The van der Waals surface area contributed by atoms with Gasteiger partial charge < -0.3 is 14.4 Å². The summed E-state index contributed by atoms with van der Waals surface area (Å²) >= 11 is 0. The summed E-state index contributed by atoms with van der Waals surface area (Å²) < 4.78 is 10.4. The molecule has 1 heterocycles. The molecular formula is C12H19NO3. The van der Waals surface area contributed by atoms with Gasteiger partial charge in [-0.15, -0.1) is 0 Å². The first-order valence-corrected chi connectivity index (χ1v) is 6.04. The zero-order valence-corrected chi connectivity index (χ0v) is 9.83. The molecule has 4 nitrogen and oxygen atoms in total. The highest BCUT2D eigenvalue weighted by molar-refractivity contribution is 5.89. The van der Waals surface area contributed by atoms with Gasteiger partial charge in [0.05, 0.1) is 25.4 Å². The van der Waals surface area contributed by atoms with E-state index in [4.69, 9.17) is 9.47 Å². The van der Waals surface area contributed by atoms with E-state index in [1.807, 2.05) is 6.92 Å². The van der Waals surface area contributed by atoms with Crippen molar-refractivity contribution in [3.05, 3.63) is 11.3 Å². The van der Waals surface area contributed by atoms with Crippen molar-refractivity contribution in [1.82, 2.24) is 4.90 Å². The number of esters is 1. The Hall–Kier alpha value is -1.03. The molecule has 90 valence electrons. The summed E-state index contributed by atoms with van der Waals surface area (Å²) in [5.41, 5.74) is 2.09. The lowest BCUT2D eigenvalue weighted by Crippen LogP contribution is -2.36. The first-order chi connectivity index (χ1) is 7.83. The van der Waals surface area contributed by atoms with Gasteiger partial charge in [-0.05, 0) is 26.2 Å². The van der Waals surface area contributed by atoms with Crippen LogP contribution in [-0.2, 0) is 14.3 Å². The van der Waals surface area contributed by atoms with E-state index in [1.165, 1.54) is 5.70 Å². The lowest BCUT2D eigenvalue weighted by molar-refractivity contribution is -0.138. The number of hydrogen-bond donors (Lipinski definition) is 0. The molecular weight excluding hydrogens is 206 g/mol. The van der Waals surface area contributed by atoms with Gasteiger partial charge in [0.25, 0.3) is 0 Å². The van der Waals surface area contributed by atoms with Gasteiger partial charge in [0.1, 0.15) is 0 Å². The highest BCUT2D eigenvalue weighted by atomic mass is 16.5. The topological polar surface area (TPSA) is 38.8 Å². The molecule has 1 aliphatic carbocycles. The molecule has 2 rings (SSSR count). The zero-order valence-electron chi connectivity index (χ0n) is 9.83. The molecule has 0 aromatic carbocycles. The molecule has 1 saturated heterocycles. The Bertz CT molecular complexity index is 293. The van der Waals surface area contributed by atoms with Crippen LogP contribution in [0.5, 0.6) is 0 Å². The quantitative estimate of drug-likeness (QED) is 0.679. The Morgan fingerprint density at radius 1 is 1.38 bits per heavy atom. The van der Waals surface area contributed by atoms with E-state index in [0.29, 0.717) is 6.61 Å². The van der Waals surface area contributed by atoms with Crippen molar-refractivity contribution in [1.29, 1.82) is 0 Å². The first-order valence-electron chi connectivity index (χ1n) is 6.04. The summed E-state index contributed by atoms with van der Waals surface area (Å²) in [6, 6.07) is 0. The SMILES string of the molecule is CCOC(=O)C1=C(N2CCOCC2)CCC1. The molecule has 0 unspecified atom stereocenters. The maximum Gasteiger partial charge on any atom is 0.335 e. The van der Waals surface area contributed by atoms with Gasteiger partial charge in [-0.2, -0.15) is 0 Å². The van der Waals surface area contributed by atoms with E-state index in [0.717, 1.165) is 51.1 Å². The maximum atomic E-state index is 11.8. The van der Waals surface area contributed by atoms with Gasteiger partial charge in [-0.25, -0.2) is 4.79 Å². The normalized spacial score (nSPS) is 21.4. The van der Waals surface area contributed by atoms with E-state index in [9.17, 15) is 4.79 Å². The molecule has 0 aromatic rings. The molecule has 0 saturated carbocycles. The highest BCUT2D eigenvalue weighted by Crippen LogP contribution is 2.30. The lowest BCUT2D eigenvalue weighted by atomic mass is 10.2. The fraction of sp³-hybridized carbons (Fsp3) is 0.750. The zero-order chi connectivity index (χ0) is 11.4. The molecule has 0 spiro atoms. The Morgan fingerprint density at radius 3 is 2.81 bits per heavy atom. The minimum absolute atomic E-state index is 0.124. The Balaban J connectivity index is 2.09. The van der Waals surface area contributed by atoms with Crippen LogP contribution in [0.4, 0.5) is 0 Å². The number of morpholine rings is 1. The standard InChI is InChI=1S/C12H19NO3/c1-2-16-12(14)10-4-3-5-11(10)13-6-8-15-9-7-13/h2-9H2,1H3. The van der Waals surface area contributed by atoms with Crippen LogP contribution in [-0.4, -0.2) is 43.8 Å². The number of carbonyl (C=O) groups is 1. The van der Waals surface area contributed by atoms with E-state index in [1.54, 1.807) is 0 Å². The van der Waals surface area contributed by atoms with Crippen molar-refractivity contribution in [2.24, 2.45) is 0 Å². The average molecular weight is 225 g/mol. The average Bonchev–Trinajstić information content (AvgIpc) is 2.79. The summed E-state index contributed by atoms with van der Waals surface area (Å²) in [5, 5.41) is 0. The highest BCUT2D eigenvalue weighted by Gasteiger charge is 2.26. The van der Waals surface area contributed by atoms with Gasteiger partial charge in [0.2, 0.25) is 0 Å². The molecule has 0 radical (unpaired) electrons. The Labute approximate surface area is 96.2 Å². The van der Waals surface area contributed by atoms with Crippen molar-refractivity contribution in [3.63, 3.8) is 0 Å². The monoisotopic (exact) mass is 225 g/mol. The van der Waals surface area contributed by atoms with Gasteiger partial charge in [-0.1, -0.05) is 0 Å². The van der Waals surface area contributed by atoms with Crippen LogP contribution in [0.2, 0.25) is 0 Å². The number of ether oxygens (including phenoxy) is 2. The van der Waals surface area contributed by atoms with Crippen molar-refractivity contribution in [2.45, 2.75) is 26.2 Å². The maximum absolute atomic E-state index is 11.8. The van der Waals surface area contributed by atoms with Crippen molar-refractivity contribution in [3.8, 4) is 0 Å². The molecule has 0 N–H and O–H groups in total. The Morgan fingerprint density at radius 2 is 2.12 bits per heavy atom. The number of allylic oxidation sites excluding steroid dienone is 1. The summed E-state index contributed by atoms with van der Waals surface area (Å²) in [6.45, 7) is 5.64. The minimum Gasteiger partial charge on any atom is -0.463 e. The van der Waals surface area contributed by atoms with Crippen LogP contribution in [0.15, 0.2) is 11.3 Å². The van der Waals surface area contributed by atoms with Crippen LogP contribution < -0.4 is 0 Å². The van der Waals surface area contributed by atoms with Crippen LogP contribution in [0.3, 0.4) is 0 Å². The fourth-order valence-corrected chi connectivity index (χ4v) is 2.35.